The highest BCUT2D eigenvalue weighted by Gasteiger charge is 2.40. The largest absolute Gasteiger partial charge is 0.327 e. The van der Waals surface area contributed by atoms with Crippen molar-refractivity contribution in [2.45, 2.75) is 57.9 Å². The van der Waals surface area contributed by atoms with Gasteiger partial charge in [0.2, 0.25) is 17.7 Å². The second kappa shape index (κ2) is 8.21. The second-order valence-corrected chi connectivity index (χ2v) is 8.31. The number of benzene rings is 1. The smallest absolute Gasteiger partial charge is 0.234 e. The van der Waals surface area contributed by atoms with Crippen LogP contribution in [0.5, 0.6) is 0 Å². The summed E-state index contributed by atoms with van der Waals surface area (Å²) < 4.78 is 0. The lowest BCUT2D eigenvalue weighted by molar-refractivity contribution is -0.123. The van der Waals surface area contributed by atoms with Gasteiger partial charge in [0.05, 0.1) is 5.69 Å². The van der Waals surface area contributed by atoms with Crippen LogP contribution in [-0.4, -0.2) is 23.8 Å². The van der Waals surface area contributed by atoms with Gasteiger partial charge in [-0.15, -0.1) is 12.4 Å². The lowest BCUT2D eigenvalue weighted by Crippen LogP contribution is -2.48. The first-order chi connectivity index (χ1) is 12.9. The third-order valence-electron chi connectivity index (χ3n) is 6.54. The summed E-state index contributed by atoms with van der Waals surface area (Å²) in [5.74, 6) is 0.671. The van der Waals surface area contributed by atoms with Crippen LogP contribution in [0.4, 0.5) is 11.4 Å². The van der Waals surface area contributed by atoms with E-state index in [1.165, 1.54) is 11.3 Å². The molecule has 2 bridgehead atoms. The van der Waals surface area contributed by atoms with Gasteiger partial charge >= 0.3 is 0 Å². The maximum atomic E-state index is 12.8. The second-order valence-electron chi connectivity index (χ2n) is 8.31. The molecule has 1 aromatic rings. The zero-order valence-corrected chi connectivity index (χ0v) is 17.0. The summed E-state index contributed by atoms with van der Waals surface area (Å²) in [4.78, 5) is 38.0. The predicted octanol–water partition coefficient (Wildman–Crippen LogP) is 3.16. The van der Waals surface area contributed by atoms with E-state index in [1.54, 1.807) is 12.1 Å². The van der Waals surface area contributed by atoms with E-state index in [2.05, 4.69) is 5.32 Å². The van der Waals surface area contributed by atoms with Gasteiger partial charge in [-0.2, -0.15) is 0 Å². The number of nitrogens with two attached hydrogens (primary N) is 1. The van der Waals surface area contributed by atoms with E-state index in [9.17, 15) is 14.4 Å². The molecular weight excluding hydrogens is 378 g/mol. The molecule has 3 aliphatic rings. The van der Waals surface area contributed by atoms with Crippen LogP contribution >= 0.6 is 12.4 Å². The van der Waals surface area contributed by atoms with E-state index in [1.807, 2.05) is 13.0 Å². The molecular formula is C21H28ClN3O3. The van der Waals surface area contributed by atoms with E-state index in [4.69, 9.17) is 5.73 Å². The van der Waals surface area contributed by atoms with Crippen LogP contribution < -0.4 is 16.0 Å². The number of halogens is 1. The van der Waals surface area contributed by atoms with Gasteiger partial charge in [-0.25, -0.2) is 0 Å². The van der Waals surface area contributed by atoms with Crippen molar-refractivity contribution in [3.63, 3.8) is 0 Å². The van der Waals surface area contributed by atoms with Crippen molar-refractivity contribution in [2.75, 3.05) is 10.2 Å². The normalized spacial score (nSPS) is 29.4. The number of anilines is 2. The van der Waals surface area contributed by atoms with Crippen molar-refractivity contribution >= 4 is 41.5 Å². The molecule has 3 amide bonds. The van der Waals surface area contributed by atoms with Crippen LogP contribution in [0.15, 0.2) is 18.2 Å². The minimum Gasteiger partial charge on any atom is -0.327 e. The summed E-state index contributed by atoms with van der Waals surface area (Å²) >= 11 is 0. The minimum atomic E-state index is -0.162. The number of nitrogens with zero attached hydrogens (tertiary/aromatic N) is 1. The Hall–Kier alpha value is -1.92. The zero-order chi connectivity index (χ0) is 19.1. The van der Waals surface area contributed by atoms with Crippen molar-refractivity contribution in [3.8, 4) is 0 Å². The highest BCUT2D eigenvalue weighted by atomic mass is 35.5. The van der Waals surface area contributed by atoms with E-state index in [0.29, 0.717) is 23.2 Å². The van der Waals surface area contributed by atoms with E-state index >= 15 is 0 Å². The molecule has 152 valence electrons. The summed E-state index contributed by atoms with van der Waals surface area (Å²) in [7, 11) is 0. The van der Waals surface area contributed by atoms with Crippen LogP contribution in [0.2, 0.25) is 0 Å². The molecule has 1 aliphatic heterocycles. The van der Waals surface area contributed by atoms with E-state index in [0.717, 1.165) is 31.2 Å². The van der Waals surface area contributed by atoms with E-state index in [-0.39, 0.29) is 54.9 Å². The van der Waals surface area contributed by atoms with Gasteiger partial charge in [0.25, 0.3) is 0 Å². The van der Waals surface area contributed by atoms with Gasteiger partial charge in [-0.1, -0.05) is 6.42 Å². The standard InChI is InChI=1S/C21H27N3O3.ClH/c1-12-9-16(5-6-17(12)24-18(25)7-8-19(24)26)23-21(27)15-10-13-3-2-4-14(11-15)20(13)22;/h5-6,9,13-15,20H,2-4,7-8,10-11,22H2,1H3,(H,23,27);1H. The fourth-order valence-electron chi connectivity index (χ4n) is 5.08. The molecule has 2 saturated carbocycles. The number of nitrogens with one attached hydrogen (secondary N) is 1. The van der Waals surface area contributed by atoms with Gasteiger partial charge in [-0.3, -0.25) is 19.3 Å². The fraction of sp³-hybridized carbons (Fsp3) is 0.571. The van der Waals surface area contributed by atoms with Crippen molar-refractivity contribution in [1.29, 1.82) is 0 Å². The average molecular weight is 406 g/mol. The molecule has 6 nitrogen and oxygen atoms in total. The lowest BCUT2D eigenvalue weighted by atomic mass is 9.65. The quantitative estimate of drug-likeness (QED) is 0.755. The molecule has 28 heavy (non-hydrogen) atoms. The van der Waals surface area contributed by atoms with Crippen molar-refractivity contribution in [1.82, 2.24) is 0 Å². The summed E-state index contributed by atoms with van der Waals surface area (Å²) in [6.45, 7) is 1.86. The Kier molecular flexibility index (Phi) is 6.10. The van der Waals surface area contributed by atoms with Crippen LogP contribution in [0.3, 0.4) is 0 Å². The van der Waals surface area contributed by atoms with Crippen molar-refractivity contribution < 1.29 is 14.4 Å². The molecule has 1 saturated heterocycles. The number of hydrogen-bond donors (Lipinski definition) is 2. The number of fused-ring (bicyclic) bond motifs is 2. The number of imide groups is 1. The number of amides is 3. The number of hydrogen-bond acceptors (Lipinski definition) is 4. The predicted molar refractivity (Wildman–Crippen MR) is 110 cm³/mol. The Morgan fingerprint density at radius 2 is 1.71 bits per heavy atom. The van der Waals surface area contributed by atoms with Gasteiger partial charge in [0.15, 0.2) is 0 Å². The zero-order valence-electron chi connectivity index (χ0n) is 16.1. The SMILES string of the molecule is Cc1cc(NC(=O)C2CC3CCCC(C2)C3N)ccc1N1C(=O)CCC1=O.Cl. The number of carbonyl (C=O) groups is 3. The summed E-state index contributed by atoms with van der Waals surface area (Å²) in [6.07, 6.45) is 5.77. The average Bonchev–Trinajstić information content (AvgIpc) is 2.93. The molecule has 1 heterocycles. The van der Waals surface area contributed by atoms with Crippen LogP contribution in [0.1, 0.15) is 50.5 Å². The Morgan fingerprint density at radius 3 is 2.29 bits per heavy atom. The molecule has 2 aliphatic carbocycles. The van der Waals surface area contributed by atoms with E-state index < -0.39 is 0 Å². The molecule has 1 aromatic carbocycles. The Morgan fingerprint density at radius 1 is 1.11 bits per heavy atom. The number of carbonyl (C=O) groups excluding carboxylic acids is 3. The molecule has 0 spiro atoms. The summed E-state index contributed by atoms with van der Waals surface area (Å²) in [5, 5.41) is 3.03. The number of rotatable bonds is 3. The lowest BCUT2D eigenvalue weighted by Gasteiger charge is -2.43. The molecule has 0 radical (unpaired) electrons. The maximum Gasteiger partial charge on any atom is 0.234 e. The van der Waals surface area contributed by atoms with Gasteiger partial charge in [0.1, 0.15) is 0 Å². The molecule has 3 fully saturated rings. The topological polar surface area (TPSA) is 92.5 Å². The third-order valence-corrected chi connectivity index (χ3v) is 6.54. The highest BCUT2D eigenvalue weighted by Crippen LogP contribution is 2.42. The molecule has 3 N–H and O–H groups in total. The third kappa shape index (κ3) is 3.80. The van der Waals surface area contributed by atoms with Gasteiger partial charge < -0.3 is 11.1 Å². The van der Waals surface area contributed by atoms with Gasteiger partial charge in [-0.05, 0) is 68.2 Å². The Bertz CT molecular complexity index is 767. The van der Waals surface area contributed by atoms with Crippen LogP contribution in [0.25, 0.3) is 0 Å². The van der Waals surface area contributed by atoms with Crippen molar-refractivity contribution in [2.24, 2.45) is 23.5 Å². The number of aryl methyl sites for hydroxylation is 1. The summed E-state index contributed by atoms with van der Waals surface area (Å²) in [6, 6.07) is 5.60. The Labute approximate surface area is 171 Å². The molecule has 2 atom stereocenters. The fourth-order valence-corrected chi connectivity index (χ4v) is 5.08. The first kappa shape index (κ1) is 20.8. The molecule has 4 rings (SSSR count). The monoisotopic (exact) mass is 405 g/mol. The van der Waals surface area contributed by atoms with Crippen LogP contribution in [0, 0.1) is 24.7 Å². The Balaban J connectivity index is 0.00000225. The minimum absolute atomic E-state index is 0. The first-order valence-corrected chi connectivity index (χ1v) is 9.97. The van der Waals surface area contributed by atoms with Crippen LogP contribution in [-0.2, 0) is 14.4 Å². The summed E-state index contributed by atoms with van der Waals surface area (Å²) in [5.41, 5.74) is 8.45. The molecule has 0 aromatic heterocycles. The molecule has 7 heteroatoms. The van der Waals surface area contributed by atoms with Crippen molar-refractivity contribution in [3.05, 3.63) is 23.8 Å². The highest BCUT2D eigenvalue weighted by molar-refractivity contribution is 6.20. The first-order valence-electron chi connectivity index (χ1n) is 9.97. The maximum absolute atomic E-state index is 12.8. The molecule has 2 unspecified atom stereocenters. The van der Waals surface area contributed by atoms with Gasteiger partial charge in [0, 0.05) is 30.5 Å².